The molecule has 2 aliphatic rings. The topological polar surface area (TPSA) is 172 Å². The number of nitriles is 1. The van der Waals surface area contributed by atoms with Crippen LogP contribution in [0.5, 0.6) is 0 Å². The number of nitrogens with zero attached hydrogens (tertiary/aromatic N) is 6. The lowest BCUT2D eigenvalue weighted by molar-refractivity contribution is 0.0695. The number of carboxylic acid groups (broad SMARTS) is 1. The van der Waals surface area contributed by atoms with Crippen LogP contribution in [0.25, 0.3) is 22.3 Å². The summed E-state index contributed by atoms with van der Waals surface area (Å²) in [5.41, 5.74) is 4.83. The van der Waals surface area contributed by atoms with Crippen LogP contribution in [-0.2, 0) is 11.5 Å². The fourth-order valence-electron chi connectivity index (χ4n) is 4.42. The summed E-state index contributed by atoms with van der Waals surface area (Å²) in [7, 11) is -1.13. The van der Waals surface area contributed by atoms with E-state index in [-0.39, 0.29) is 11.5 Å². The van der Waals surface area contributed by atoms with Gasteiger partial charge in [-0.05, 0) is 31.7 Å². The predicted octanol–water partition coefficient (Wildman–Crippen LogP) is 4.80. The van der Waals surface area contributed by atoms with Crippen LogP contribution in [0.15, 0.2) is 24.8 Å². The first-order valence-electron chi connectivity index (χ1n) is 14.3. The van der Waals surface area contributed by atoms with Crippen molar-refractivity contribution in [1.29, 1.82) is 5.26 Å². The van der Waals surface area contributed by atoms with Crippen LogP contribution in [0.1, 0.15) is 76.0 Å². The summed E-state index contributed by atoms with van der Waals surface area (Å²) in [6.45, 7) is 8.24. The van der Waals surface area contributed by atoms with Gasteiger partial charge in [0.05, 0.1) is 41.8 Å². The average molecular weight is 589 g/mol. The van der Waals surface area contributed by atoms with Crippen LogP contribution < -0.4 is 5.32 Å². The molecule has 4 heterocycles. The smallest absolute Gasteiger partial charge is 0.339 e. The number of ether oxygens (including phenoxy) is 1. The maximum absolute atomic E-state index is 12.0. The van der Waals surface area contributed by atoms with Crippen molar-refractivity contribution in [3.63, 3.8) is 0 Å². The summed E-state index contributed by atoms with van der Waals surface area (Å²) in [6, 6.07) is 3.07. The molecule has 3 N–H and O–H groups in total. The molecule has 2 aliphatic carbocycles. The summed E-state index contributed by atoms with van der Waals surface area (Å²) < 4.78 is 7.47. The van der Waals surface area contributed by atoms with Gasteiger partial charge >= 0.3 is 5.97 Å². The van der Waals surface area contributed by atoms with Gasteiger partial charge in [-0.25, -0.2) is 24.7 Å². The lowest BCUT2D eigenvalue weighted by atomic mass is 10.2. The summed E-state index contributed by atoms with van der Waals surface area (Å²) in [4.78, 5) is 44.2. The third-order valence-electron chi connectivity index (χ3n) is 7.20. The second-order valence-corrected chi connectivity index (χ2v) is 17.7. The van der Waals surface area contributed by atoms with Crippen LogP contribution in [0.4, 0.5) is 0 Å². The van der Waals surface area contributed by atoms with Crippen LogP contribution >= 0.6 is 0 Å². The lowest BCUT2D eigenvalue weighted by Gasteiger charge is -2.15. The van der Waals surface area contributed by atoms with Crippen molar-refractivity contribution in [3.05, 3.63) is 47.3 Å². The van der Waals surface area contributed by atoms with Crippen molar-refractivity contribution >= 4 is 42.3 Å². The summed E-state index contributed by atoms with van der Waals surface area (Å²) in [5.74, 6) is -0.243. The number of carbonyl (C=O) groups excluding carboxylic acids is 1. The monoisotopic (exact) mass is 588 g/mol. The van der Waals surface area contributed by atoms with E-state index in [1.165, 1.54) is 0 Å². The number of fused-ring (bicyclic) bond motifs is 2. The normalized spacial score (nSPS) is 14.8. The van der Waals surface area contributed by atoms with Gasteiger partial charge in [0.2, 0.25) is 0 Å². The van der Waals surface area contributed by atoms with Gasteiger partial charge in [0, 0.05) is 45.5 Å². The van der Waals surface area contributed by atoms with Crippen molar-refractivity contribution < 1.29 is 19.4 Å². The molecule has 0 unspecified atom stereocenters. The molecule has 13 heteroatoms. The number of carbonyl (C=O) groups is 2. The highest BCUT2D eigenvalue weighted by molar-refractivity contribution is 6.76. The molecule has 1 amide bonds. The molecule has 12 nitrogen and oxygen atoms in total. The number of hydrogen-bond acceptors (Lipinski definition) is 8. The predicted molar refractivity (Wildman–Crippen MR) is 159 cm³/mol. The van der Waals surface area contributed by atoms with Crippen LogP contribution in [0.2, 0.25) is 25.7 Å². The van der Waals surface area contributed by atoms with Crippen molar-refractivity contribution in [2.75, 3.05) is 13.2 Å². The van der Waals surface area contributed by atoms with E-state index in [1.54, 1.807) is 29.4 Å². The van der Waals surface area contributed by atoms with Gasteiger partial charge in [-0.1, -0.05) is 19.6 Å². The molecule has 0 aliphatic heterocycles. The van der Waals surface area contributed by atoms with Crippen LogP contribution in [0, 0.1) is 11.3 Å². The maximum Gasteiger partial charge on any atom is 0.339 e. The molecular formula is C29H36N8O4Si. The van der Waals surface area contributed by atoms with E-state index in [0.29, 0.717) is 66.0 Å². The quantitative estimate of drug-likeness (QED) is 0.164. The van der Waals surface area contributed by atoms with Gasteiger partial charge < -0.3 is 24.7 Å². The molecule has 42 heavy (non-hydrogen) atoms. The zero-order valence-corrected chi connectivity index (χ0v) is 25.2. The minimum absolute atomic E-state index is 0.198. The van der Waals surface area contributed by atoms with Crippen molar-refractivity contribution in [2.24, 2.45) is 0 Å². The number of aromatic carboxylic acids is 1. The average Bonchev–Trinajstić information content (AvgIpc) is 3.89. The van der Waals surface area contributed by atoms with E-state index in [0.717, 1.165) is 43.1 Å². The number of hydrogen-bond donors (Lipinski definition) is 3. The summed E-state index contributed by atoms with van der Waals surface area (Å²) in [6.07, 6.45) is 11.6. The van der Waals surface area contributed by atoms with E-state index < -0.39 is 14.0 Å². The molecule has 0 spiro atoms. The molecule has 220 valence electrons. The van der Waals surface area contributed by atoms with E-state index in [2.05, 4.69) is 49.9 Å². The number of nitrogens with one attached hydrogen (secondary N) is 2. The molecule has 4 aromatic rings. The largest absolute Gasteiger partial charge is 0.478 e. The highest BCUT2D eigenvalue weighted by Crippen LogP contribution is 2.40. The Balaban J connectivity index is 0.000000171. The Morgan fingerprint density at radius 2 is 1.76 bits per heavy atom. The zero-order chi connectivity index (χ0) is 29.9. The van der Waals surface area contributed by atoms with Gasteiger partial charge in [0.25, 0.3) is 5.91 Å². The second kappa shape index (κ2) is 12.4. The van der Waals surface area contributed by atoms with E-state index in [4.69, 9.17) is 10.00 Å². The highest BCUT2D eigenvalue weighted by atomic mass is 28.3. The Morgan fingerprint density at radius 1 is 1.10 bits per heavy atom. The number of rotatable bonds is 11. The van der Waals surface area contributed by atoms with E-state index in [9.17, 15) is 14.7 Å². The summed E-state index contributed by atoms with van der Waals surface area (Å²) in [5, 5.41) is 20.6. The molecule has 6 rings (SSSR count). The maximum atomic E-state index is 12.0. The molecule has 2 fully saturated rings. The van der Waals surface area contributed by atoms with Crippen molar-refractivity contribution in [3.8, 4) is 6.07 Å². The molecular weight excluding hydrogens is 552 g/mol. The number of H-pyrrole nitrogens is 1. The number of carboxylic acids is 1. The second-order valence-electron chi connectivity index (χ2n) is 12.0. The Hall–Kier alpha value is -4.15. The Labute approximate surface area is 244 Å². The van der Waals surface area contributed by atoms with Gasteiger partial charge in [-0.15, -0.1) is 0 Å². The van der Waals surface area contributed by atoms with E-state index >= 15 is 0 Å². The Morgan fingerprint density at radius 3 is 2.38 bits per heavy atom. The Kier molecular flexibility index (Phi) is 8.65. The zero-order valence-electron chi connectivity index (χ0n) is 24.2. The molecule has 0 atom stereocenters. The van der Waals surface area contributed by atoms with Gasteiger partial charge in [0.1, 0.15) is 23.3 Å². The molecule has 0 saturated heterocycles. The van der Waals surface area contributed by atoms with Gasteiger partial charge in [-0.2, -0.15) is 5.26 Å². The fourth-order valence-corrected chi connectivity index (χ4v) is 5.18. The fraction of sp³-hybridized carbons (Fsp3) is 0.483. The molecule has 0 bridgehead atoms. The Bertz CT molecular complexity index is 1640. The lowest BCUT2D eigenvalue weighted by Crippen LogP contribution is -2.24. The number of amides is 1. The standard InChI is InChI=1S/C16H23N3O3Si.C13H13N5O/c1-23(2,3)7-6-22-10-19-9-12(16(20)21)14-15(19)17-8-13(18-14)11-4-5-11;14-4-1-5-15-13(19)9-6-16-12-11(9)18-10(7-17-12)8-2-3-8/h8-9,11H,4-7,10H2,1-3H3,(H,20,21);6-8H,1-3,5H2,(H,15,19)(H,16,17). The first kappa shape index (κ1) is 29.3. The first-order valence-corrected chi connectivity index (χ1v) is 18.0. The minimum atomic E-state index is -1.13. The third kappa shape index (κ3) is 7.18. The third-order valence-corrected chi connectivity index (χ3v) is 8.90. The van der Waals surface area contributed by atoms with Crippen LogP contribution in [-0.4, -0.2) is 67.7 Å². The molecule has 2 saturated carbocycles. The summed E-state index contributed by atoms with van der Waals surface area (Å²) >= 11 is 0. The van der Waals surface area contributed by atoms with Gasteiger partial charge in [-0.3, -0.25) is 4.79 Å². The highest BCUT2D eigenvalue weighted by Gasteiger charge is 2.28. The van der Waals surface area contributed by atoms with Crippen molar-refractivity contribution in [2.45, 2.75) is 76.4 Å². The first-order chi connectivity index (χ1) is 20.1. The minimum Gasteiger partial charge on any atom is -0.478 e. The molecule has 0 radical (unpaired) electrons. The number of aromatic amines is 1. The van der Waals surface area contributed by atoms with Gasteiger partial charge in [0.15, 0.2) is 11.3 Å². The number of aromatic nitrogens is 6. The molecule has 0 aromatic carbocycles. The SMILES string of the molecule is C[Si](C)(C)CCOCn1cc(C(=O)O)c2nc(C3CC3)cnc21.N#CCCNC(=O)c1c[nH]c2ncc(C3CC3)nc12. The van der Waals surface area contributed by atoms with Crippen LogP contribution in [0.3, 0.4) is 0 Å². The van der Waals surface area contributed by atoms with E-state index in [1.807, 2.05) is 6.07 Å². The van der Waals surface area contributed by atoms with Crippen molar-refractivity contribution in [1.82, 2.24) is 34.8 Å². The molecule has 4 aromatic heterocycles.